The minimum absolute atomic E-state index is 0.226. The van der Waals surface area contributed by atoms with Gasteiger partial charge in [0.15, 0.2) is 0 Å². The molecule has 0 saturated carbocycles. The average Bonchev–Trinajstić information content (AvgIpc) is 3.29. The van der Waals surface area contributed by atoms with E-state index in [1.165, 1.54) is 12.8 Å². The number of likely N-dealkylation sites (tertiary alicyclic amines) is 1. The van der Waals surface area contributed by atoms with Crippen LogP contribution < -0.4 is 5.32 Å². The number of furan rings is 1. The number of hydrogen-bond donors (Lipinski definition) is 1. The van der Waals surface area contributed by atoms with E-state index in [4.69, 9.17) is 4.42 Å². The van der Waals surface area contributed by atoms with Crippen molar-refractivity contribution in [2.75, 3.05) is 25.0 Å². The summed E-state index contributed by atoms with van der Waals surface area (Å²) < 4.78 is 7.37. The number of hydrogen-bond acceptors (Lipinski definition) is 6. The van der Waals surface area contributed by atoms with Gasteiger partial charge in [-0.1, -0.05) is 0 Å². The Morgan fingerprint density at radius 1 is 1.35 bits per heavy atom. The van der Waals surface area contributed by atoms with Gasteiger partial charge >= 0.3 is 0 Å². The molecule has 3 aromatic heterocycles. The molecule has 0 aliphatic carbocycles. The summed E-state index contributed by atoms with van der Waals surface area (Å²) in [5.41, 5.74) is 2.62. The van der Waals surface area contributed by atoms with Crippen molar-refractivity contribution in [2.45, 2.75) is 25.8 Å². The first-order valence-electron chi connectivity index (χ1n) is 8.00. The monoisotopic (exact) mass is 312 g/mol. The summed E-state index contributed by atoms with van der Waals surface area (Å²) in [4.78, 5) is 2.47. The molecule has 23 heavy (non-hydrogen) atoms. The molecule has 4 rings (SSSR count). The van der Waals surface area contributed by atoms with Gasteiger partial charge in [0.1, 0.15) is 12.1 Å². The Morgan fingerprint density at radius 3 is 3.00 bits per heavy atom. The summed E-state index contributed by atoms with van der Waals surface area (Å²) in [5.74, 6) is 1.00. The molecule has 7 heteroatoms. The number of fused-ring (bicyclic) bond motifs is 1. The van der Waals surface area contributed by atoms with E-state index in [1.54, 1.807) is 17.1 Å². The molecule has 4 heterocycles. The molecule has 0 aromatic carbocycles. The maximum atomic E-state index is 5.67. The largest absolute Gasteiger partial charge is 0.468 e. The molecule has 3 aromatic rings. The van der Waals surface area contributed by atoms with Crippen molar-refractivity contribution in [3.8, 4) is 0 Å². The van der Waals surface area contributed by atoms with Gasteiger partial charge < -0.3 is 9.73 Å². The Bertz CT molecular complexity index is 775. The molecular formula is C16H20N6O. The van der Waals surface area contributed by atoms with Crippen molar-refractivity contribution in [2.24, 2.45) is 0 Å². The van der Waals surface area contributed by atoms with E-state index in [-0.39, 0.29) is 6.04 Å². The van der Waals surface area contributed by atoms with Gasteiger partial charge in [-0.15, -0.1) is 10.2 Å². The lowest BCUT2D eigenvalue weighted by molar-refractivity contribution is 0.225. The topological polar surface area (TPSA) is 71.5 Å². The molecule has 1 unspecified atom stereocenters. The fourth-order valence-electron chi connectivity index (χ4n) is 3.23. The lowest BCUT2D eigenvalue weighted by Crippen LogP contribution is -2.30. The first-order chi connectivity index (χ1) is 11.3. The van der Waals surface area contributed by atoms with Crippen LogP contribution in [0.1, 0.15) is 30.3 Å². The van der Waals surface area contributed by atoms with Crippen molar-refractivity contribution in [1.29, 1.82) is 0 Å². The van der Waals surface area contributed by atoms with Crippen LogP contribution in [0.15, 0.2) is 35.2 Å². The number of anilines is 1. The van der Waals surface area contributed by atoms with Crippen molar-refractivity contribution in [3.05, 3.63) is 42.2 Å². The second kappa shape index (κ2) is 6.00. The van der Waals surface area contributed by atoms with E-state index in [0.29, 0.717) is 0 Å². The maximum Gasteiger partial charge on any atom is 0.200 e. The van der Waals surface area contributed by atoms with Gasteiger partial charge in [-0.3, -0.25) is 4.90 Å². The summed E-state index contributed by atoms with van der Waals surface area (Å²) in [6.45, 7) is 4.96. The van der Waals surface area contributed by atoms with Crippen LogP contribution in [0.3, 0.4) is 0 Å². The zero-order valence-electron chi connectivity index (χ0n) is 13.1. The van der Waals surface area contributed by atoms with Crippen LogP contribution in [0, 0.1) is 6.92 Å². The van der Waals surface area contributed by atoms with Gasteiger partial charge in [0.2, 0.25) is 5.65 Å². The Kier molecular flexibility index (Phi) is 3.70. The van der Waals surface area contributed by atoms with Crippen molar-refractivity contribution < 1.29 is 4.42 Å². The molecule has 1 atom stereocenters. The Balaban J connectivity index is 1.58. The minimum atomic E-state index is 0.226. The molecule has 1 aliphatic heterocycles. The summed E-state index contributed by atoms with van der Waals surface area (Å²) in [5, 5.41) is 16.0. The summed E-state index contributed by atoms with van der Waals surface area (Å²) in [7, 11) is 0. The zero-order chi connectivity index (χ0) is 15.6. The highest BCUT2D eigenvalue weighted by molar-refractivity contribution is 5.66. The number of rotatable bonds is 5. The van der Waals surface area contributed by atoms with E-state index < -0.39 is 0 Å². The lowest BCUT2D eigenvalue weighted by atomic mass is 10.2. The number of nitrogens with one attached hydrogen (secondary N) is 1. The lowest BCUT2D eigenvalue weighted by Gasteiger charge is -2.26. The standard InChI is InChI=1S/C16H20N6O/c1-12-9-13(16-19-18-11-22(16)20-12)17-10-14(15-5-4-8-23-15)21-6-2-3-7-21/h4-5,8-9,11,14,17H,2-3,6-7,10H2,1H3. The predicted octanol–water partition coefficient (Wildman–Crippen LogP) is 2.27. The third kappa shape index (κ3) is 2.79. The van der Waals surface area contributed by atoms with Gasteiger partial charge in [0.25, 0.3) is 0 Å². The molecule has 7 nitrogen and oxygen atoms in total. The van der Waals surface area contributed by atoms with Crippen LogP contribution in [-0.2, 0) is 0 Å². The van der Waals surface area contributed by atoms with Gasteiger partial charge in [0, 0.05) is 6.54 Å². The highest BCUT2D eigenvalue weighted by Gasteiger charge is 2.25. The SMILES string of the molecule is Cc1cc(NCC(c2ccco2)N2CCCC2)c2nncn2n1. The summed E-state index contributed by atoms with van der Waals surface area (Å²) >= 11 is 0. The van der Waals surface area contributed by atoms with Gasteiger partial charge in [-0.25, -0.2) is 0 Å². The second-order valence-corrected chi connectivity index (χ2v) is 5.95. The quantitative estimate of drug-likeness (QED) is 0.779. The van der Waals surface area contributed by atoms with E-state index in [2.05, 4.69) is 31.6 Å². The molecule has 1 aliphatic rings. The molecular weight excluding hydrogens is 292 g/mol. The van der Waals surface area contributed by atoms with E-state index in [0.717, 1.165) is 42.4 Å². The fourth-order valence-corrected chi connectivity index (χ4v) is 3.23. The maximum absolute atomic E-state index is 5.67. The first-order valence-corrected chi connectivity index (χ1v) is 8.00. The van der Waals surface area contributed by atoms with E-state index in [9.17, 15) is 0 Å². The Morgan fingerprint density at radius 2 is 2.22 bits per heavy atom. The second-order valence-electron chi connectivity index (χ2n) is 5.95. The van der Waals surface area contributed by atoms with Crippen LogP contribution in [0.5, 0.6) is 0 Å². The first kappa shape index (κ1) is 14.2. The highest BCUT2D eigenvalue weighted by atomic mass is 16.3. The van der Waals surface area contributed by atoms with Crippen LogP contribution in [0.25, 0.3) is 5.65 Å². The van der Waals surface area contributed by atoms with Crippen molar-refractivity contribution >= 4 is 11.3 Å². The smallest absolute Gasteiger partial charge is 0.200 e. The number of aromatic nitrogens is 4. The van der Waals surface area contributed by atoms with Gasteiger partial charge in [-0.05, 0) is 51.1 Å². The number of nitrogens with zero attached hydrogens (tertiary/aromatic N) is 5. The van der Waals surface area contributed by atoms with Gasteiger partial charge in [-0.2, -0.15) is 9.61 Å². The molecule has 0 bridgehead atoms. The predicted molar refractivity (Wildman–Crippen MR) is 86.3 cm³/mol. The summed E-state index contributed by atoms with van der Waals surface area (Å²) in [6, 6.07) is 6.23. The Hall–Kier alpha value is -2.41. The van der Waals surface area contributed by atoms with Crippen LogP contribution in [0.4, 0.5) is 5.69 Å². The third-order valence-corrected chi connectivity index (χ3v) is 4.33. The van der Waals surface area contributed by atoms with E-state index in [1.807, 2.05) is 19.1 Å². The average molecular weight is 312 g/mol. The number of aryl methyl sites for hydroxylation is 1. The fraction of sp³-hybridized carbons (Fsp3) is 0.438. The van der Waals surface area contributed by atoms with Crippen molar-refractivity contribution in [1.82, 2.24) is 24.7 Å². The molecule has 1 saturated heterocycles. The molecule has 120 valence electrons. The Labute approximate surface area is 134 Å². The minimum Gasteiger partial charge on any atom is -0.468 e. The third-order valence-electron chi connectivity index (χ3n) is 4.33. The normalized spacial score (nSPS) is 16.9. The molecule has 0 amide bonds. The molecule has 0 radical (unpaired) electrons. The van der Waals surface area contributed by atoms with Crippen LogP contribution >= 0.6 is 0 Å². The molecule has 1 N–H and O–H groups in total. The van der Waals surface area contributed by atoms with Gasteiger partial charge in [0.05, 0.1) is 23.7 Å². The van der Waals surface area contributed by atoms with Crippen LogP contribution in [-0.4, -0.2) is 44.3 Å². The van der Waals surface area contributed by atoms with E-state index >= 15 is 0 Å². The zero-order valence-corrected chi connectivity index (χ0v) is 13.1. The molecule has 0 spiro atoms. The molecule has 1 fully saturated rings. The summed E-state index contributed by atoms with van der Waals surface area (Å²) in [6.07, 6.45) is 5.86. The highest BCUT2D eigenvalue weighted by Crippen LogP contribution is 2.26. The van der Waals surface area contributed by atoms with Crippen LogP contribution in [0.2, 0.25) is 0 Å². The van der Waals surface area contributed by atoms with Crippen molar-refractivity contribution in [3.63, 3.8) is 0 Å².